The predicted octanol–water partition coefficient (Wildman–Crippen LogP) is 2.44. The lowest BCUT2D eigenvalue weighted by molar-refractivity contribution is 0.1000. The molecule has 5 nitrogen and oxygen atoms in total. The second kappa shape index (κ2) is 6.52. The molecular weight excluding hydrogens is 312 g/mol. The van der Waals surface area contributed by atoms with Crippen molar-refractivity contribution in [3.63, 3.8) is 0 Å². The Morgan fingerprint density at radius 3 is 2.26 bits per heavy atom. The first-order valence-corrected chi connectivity index (χ1v) is 8.68. The van der Waals surface area contributed by atoms with Crippen molar-refractivity contribution in [3.05, 3.63) is 64.7 Å². The first-order chi connectivity index (χ1) is 10.7. The molecule has 1 amide bonds. The van der Waals surface area contributed by atoms with Crippen molar-refractivity contribution >= 4 is 15.9 Å². The van der Waals surface area contributed by atoms with E-state index in [1.807, 2.05) is 32.0 Å². The van der Waals surface area contributed by atoms with E-state index in [0.29, 0.717) is 0 Å². The Morgan fingerprint density at radius 2 is 1.70 bits per heavy atom. The maximum atomic E-state index is 12.5. The Labute approximate surface area is 136 Å². The Balaban J connectivity index is 2.26. The average Bonchev–Trinajstić information content (AvgIpc) is 2.49. The molecule has 0 bridgehead atoms. The first kappa shape index (κ1) is 17.2. The molecule has 2 aromatic rings. The summed E-state index contributed by atoms with van der Waals surface area (Å²) in [6.45, 7) is 5.71. The van der Waals surface area contributed by atoms with Crippen molar-refractivity contribution in [1.82, 2.24) is 4.72 Å². The largest absolute Gasteiger partial charge is 0.366 e. The summed E-state index contributed by atoms with van der Waals surface area (Å²) in [4.78, 5) is 11.1. The molecule has 6 heteroatoms. The Bertz CT molecular complexity index is 827. The summed E-state index contributed by atoms with van der Waals surface area (Å²) in [6, 6.07) is 11.1. The second-order valence-corrected chi connectivity index (χ2v) is 7.31. The number of amides is 1. The molecule has 0 aromatic heterocycles. The van der Waals surface area contributed by atoms with E-state index >= 15 is 0 Å². The SMILES string of the molecule is Cc1ccc(C)c(C(C)NS(=O)(=O)c2ccc(C(N)=O)cc2)c1. The zero-order chi connectivity index (χ0) is 17.2. The fraction of sp³-hybridized carbons (Fsp3) is 0.235. The summed E-state index contributed by atoms with van der Waals surface area (Å²) in [5.41, 5.74) is 8.45. The lowest BCUT2D eigenvalue weighted by atomic mass is 10.0. The van der Waals surface area contributed by atoms with Gasteiger partial charge in [0.25, 0.3) is 0 Å². The van der Waals surface area contributed by atoms with E-state index in [-0.39, 0.29) is 16.5 Å². The van der Waals surface area contributed by atoms with E-state index in [2.05, 4.69) is 4.72 Å². The number of carbonyl (C=O) groups excluding carboxylic acids is 1. The molecule has 122 valence electrons. The van der Waals surface area contributed by atoms with Crippen molar-refractivity contribution in [2.45, 2.75) is 31.7 Å². The van der Waals surface area contributed by atoms with Crippen LogP contribution in [-0.4, -0.2) is 14.3 Å². The molecular formula is C17H20N2O3S. The van der Waals surface area contributed by atoms with E-state index in [0.717, 1.165) is 16.7 Å². The van der Waals surface area contributed by atoms with Gasteiger partial charge in [0.2, 0.25) is 15.9 Å². The van der Waals surface area contributed by atoms with E-state index < -0.39 is 15.9 Å². The van der Waals surface area contributed by atoms with Gasteiger partial charge in [0.1, 0.15) is 0 Å². The molecule has 0 aliphatic rings. The minimum atomic E-state index is -3.68. The van der Waals surface area contributed by atoms with Gasteiger partial charge in [-0.25, -0.2) is 13.1 Å². The van der Waals surface area contributed by atoms with Gasteiger partial charge in [0.15, 0.2) is 0 Å². The maximum Gasteiger partial charge on any atom is 0.248 e. The van der Waals surface area contributed by atoms with Crippen molar-refractivity contribution in [2.24, 2.45) is 5.73 Å². The molecule has 1 unspecified atom stereocenters. The van der Waals surface area contributed by atoms with Crippen LogP contribution in [0.25, 0.3) is 0 Å². The van der Waals surface area contributed by atoms with Gasteiger partial charge in [-0.3, -0.25) is 4.79 Å². The van der Waals surface area contributed by atoms with Crippen LogP contribution in [0.5, 0.6) is 0 Å². The lowest BCUT2D eigenvalue weighted by Crippen LogP contribution is -2.27. The van der Waals surface area contributed by atoms with Crippen LogP contribution in [0, 0.1) is 13.8 Å². The van der Waals surface area contributed by atoms with E-state index in [1.165, 1.54) is 24.3 Å². The number of hydrogen-bond donors (Lipinski definition) is 2. The van der Waals surface area contributed by atoms with Gasteiger partial charge in [-0.05, 0) is 56.2 Å². The normalized spacial score (nSPS) is 12.8. The van der Waals surface area contributed by atoms with Gasteiger partial charge >= 0.3 is 0 Å². The standard InChI is InChI=1S/C17H20N2O3S/c1-11-4-5-12(2)16(10-11)13(3)19-23(21,22)15-8-6-14(7-9-15)17(18)20/h4-10,13,19H,1-3H3,(H2,18,20). The van der Waals surface area contributed by atoms with E-state index in [9.17, 15) is 13.2 Å². The molecule has 2 rings (SSSR count). The number of benzene rings is 2. The summed E-state index contributed by atoms with van der Waals surface area (Å²) in [5, 5.41) is 0. The van der Waals surface area contributed by atoms with Gasteiger partial charge in [0.05, 0.1) is 4.90 Å². The highest BCUT2D eigenvalue weighted by Gasteiger charge is 2.19. The number of primary amides is 1. The number of rotatable bonds is 5. The number of aryl methyl sites for hydroxylation is 2. The van der Waals surface area contributed by atoms with Crippen LogP contribution in [0.2, 0.25) is 0 Å². The zero-order valence-electron chi connectivity index (χ0n) is 13.3. The van der Waals surface area contributed by atoms with Gasteiger partial charge < -0.3 is 5.73 Å². The topological polar surface area (TPSA) is 89.3 Å². The quantitative estimate of drug-likeness (QED) is 0.881. The van der Waals surface area contributed by atoms with Crippen LogP contribution in [0.3, 0.4) is 0 Å². The number of carbonyl (C=O) groups is 1. The highest BCUT2D eigenvalue weighted by atomic mass is 32.2. The number of sulfonamides is 1. The molecule has 1 atom stereocenters. The third kappa shape index (κ3) is 3.97. The summed E-state index contributed by atoms with van der Waals surface area (Å²) in [5.74, 6) is -0.592. The van der Waals surface area contributed by atoms with Crippen LogP contribution in [0.15, 0.2) is 47.4 Å². The highest BCUT2D eigenvalue weighted by molar-refractivity contribution is 7.89. The Hall–Kier alpha value is -2.18. The molecule has 0 fully saturated rings. The van der Waals surface area contributed by atoms with Crippen LogP contribution >= 0.6 is 0 Å². The zero-order valence-corrected chi connectivity index (χ0v) is 14.1. The molecule has 0 aliphatic heterocycles. The molecule has 0 spiro atoms. The Morgan fingerprint density at radius 1 is 1.09 bits per heavy atom. The molecule has 0 radical (unpaired) electrons. The number of nitrogens with one attached hydrogen (secondary N) is 1. The van der Waals surface area contributed by atoms with Gasteiger partial charge in [-0.15, -0.1) is 0 Å². The smallest absolute Gasteiger partial charge is 0.248 e. The summed E-state index contributed by atoms with van der Waals surface area (Å²) < 4.78 is 27.6. The van der Waals surface area contributed by atoms with Gasteiger partial charge in [-0.2, -0.15) is 0 Å². The molecule has 23 heavy (non-hydrogen) atoms. The van der Waals surface area contributed by atoms with Gasteiger partial charge in [-0.1, -0.05) is 23.8 Å². The molecule has 0 aliphatic carbocycles. The molecule has 0 saturated heterocycles. The number of nitrogens with two attached hydrogens (primary N) is 1. The molecule has 0 heterocycles. The highest BCUT2D eigenvalue weighted by Crippen LogP contribution is 2.21. The second-order valence-electron chi connectivity index (χ2n) is 5.59. The first-order valence-electron chi connectivity index (χ1n) is 7.20. The summed E-state index contributed by atoms with van der Waals surface area (Å²) in [7, 11) is -3.68. The minimum Gasteiger partial charge on any atom is -0.366 e. The Kier molecular flexibility index (Phi) is 4.87. The third-order valence-corrected chi connectivity index (χ3v) is 5.24. The molecule has 0 saturated carbocycles. The summed E-state index contributed by atoms with van der Waals surface area (Å²) >= 11 is 0. The fourth-order valence-corrected chi connectivity index (χ4v) is 3.61. The maximum absolute atomic E-state index is 12.5. The van der Waals surface area contributed by atoms with Crippen molar-refractivity contribution in [1.29, 1.82) is 0 Å². The average molecular weight is 332 g/mol. The van der Waals surface area contributed by atoms with Crippen LogP contribution in [0.4, 0.5) is 0 Å². The fourth-order valence-electron chi connectivity index (χ4n) is 2.39. The molecule has 2 aromatic carbocycles. The third-order valence-electron chi connectivity index (χ3n) is 3.68. The van der Waals surface area contributed by atoms with Crippen molar-refractivity contribution < 1.29 is 13.2 Å². The summed E-state index contributed by atoms with van der Waals surface area (Å²) in [6.07, 6.45) is 0. The lowest BCUT2D eigenvalue weighted by Gasteiger charge is -2.17. The van der Waals surface area contributed by atoms with Crippen molar-refractivity contribution in [3.8, 4) is 0 Å². The monoisotopic (exact) mass is 332 g/mol. The van der Waals surface area contributed by atoms with Gasteiger partial charge in [0, 0.05) is 11.6 Å². The van der Waals surface area contributed by atoms with Crippen LogP contribution in [0.1, 0.15) is 40.0 Å². The number of hydrogen-bond acceptors (Lipinski definition) is 3. The van der Waals surface area contributed by atoms with Crippen LogP contribution < -0.4 is 10.5 Å². The molecule has 3 N–H and O–H groups in total. The predicted molar refractivity (Wildman–Crippen MR) is 89.6 cm³/mol. The van der Waals surface area contributed by atoms with E-state index in [4.69, 9.17) is 5.73 Å². The minimum absolute atomic E-state index is 0.0969. The van der Waals surface area contributed by atoms with E-state index in [1.54, 1.807) is 6.92 Å². The van der Waals surface area contributed by atoms with Crippen LogP contribution in [-0.2, 0) is 10.0 Å². The van der Waals surface area contributed by atoms with Crippen molar-refractivity contribution in [2.75, 3.05) is 0 Å².